The van der Waals surface area contributed by atoms with E-state index in [9.17, 15) is 0 Å². The van der Waals surface area contributed by atoms with Crippen LogP contribution in [0.5, 0.6) is 0 Å². The van der Waals surface area contributed by atoms with Gasteiger partial charge < -0.3 is 12.4 Å². The van der Waals surface area contributed by atoms with Gasteiger partial charge in [-0.2, -0.15) is 0 Å². The van der Waals surface area contributed by atoms with Crippen molar-refractivity contribution in [1.29, 1.82) is 0 Å². The summed E-state index contributed by atoms with van der Waals surface area (Å²) >= 11 is 0. The Labute approximate surface area is 368 Å². The molecular formula is C57H67ClN2. The summed E-state index contributed by atoms with van der Waals surface area (Å²) in [5.74, 6) is 0.873. The van der Waals surface area contributed by atoms with E-state index in [1.54, 1.807) is 0 Å². The summed E-state index contributed by atoms with van der Waals surface area (Å²) in [4.78, 5) is 2.61. The molecule has 0 fully saturated rings. The molecule has 0 amide bonds. The number of aryl methyl sites for hydroxylation is 10. The third-order valence-corrected chi connectivity index (χ3v) is 12.9. The fourth-order valence-corrected chi connectivity index (χ4v) is 10.3. The van der Waals surface area contributed by atoms with Gasteiger partial charge in [0.25, 0.3) is 0 Å². The summed E-state index contributed by atoms with van der Waals surface area (Å²) in [5, 5.41) is 0. The summed E-state index contributed by atoms with van der Waals surface area (Å²) in [6, 6.07) is 38.2. The standard InChI is InChI=1S/C57H67N2.ClH/c1-34-17-35(2)22-48(21-34)44(11)52-29-42(9)30-53(45(12)49-23-36(3)18-37(4)24-49)56(52)58-15-16-59(33-58)57-54(46(13)50-25-38(5)19-39(6)26-50)31-43(10)32-55(57)47(14)51-27-40(7)20-41(8)28-51;/h17-33,44-47H,15-16H2,1-14H3;1H/q+1;/p-1/t44-,45-,46-,47-;/m1./s1. The molecule has 4 atom stereocenters. The first kappa shape index (κ1) is 44.6. The maximum atomic E-state index is 2.61. The number of anilines is 1. The van der Waals surface area contributed by atoms with Gasteiger partial charge in [0.2, 0.25) is 6.34 Å². The second-order valence-corrected chi connectivity index (χ2v) is 18.7. The van der Waals surface area contributed by atoms with Crippen LogP contribution in [0.25, 0.3) is 0 Å². The van der Waals surface area contributed by atoms with Crippen LogP contribution in [-0.2, 0) is 0 Å². The highest BCUT2D eigenvalue weighted by Gasteiger charge is 2.35. The van der Waals surface area contributed by atoms with Gasteiger partial charge in [-0.05, 0) is 91.5 Å². The Bertz CT molecular complexity index is 2350. The lowest BCUT2D eigenvalue weighted by molar-refractivity contribution is -0.425. The van der Waals surface area contributed by atoms with Gasteiger partial charge in [0.1, 0.15) is 24.5 Å². The summed E-state index contributed by atoms with van der Waals surface area (Å²) in [6.45, 7) is 33.9. The minimum absolute atomic E-state index is 0. The SMILES string of the molecule is Cc1cc(C)cc([C@@H](C)c2cc(C)cc([C@H](C)c3cc(C)cc(C)c3)c2N2C=[N+](c3c([C@H](C)c4cc(C)cc(C)c4)cc(C)cc3[C@H](C)c3cc(C)cc(C)c3)CC2)c1.[Cl-]. The second kappa shape index (κ2) is 18.0. The second-order valence-electron chi connectivity index (χ2n) is 18.7. The van der Waals surface area contributed by atoms with Crippen molar-refractivity contribution in [3.8, 4) is 0 Å². The van der Waals surface area contributed by atoms with E-state index in [0.717, 1.165) is 13.1 Å². The quantitative estimate of drug-likeness (QED) is 0.125. The zero-order chi connectivity index (χ0) is 42.4. The van der Waals surface area contributed by atoms with E-state index >= 15 is 0 Å². The Hall–Kier alpha value is -4.92. The molecule has 1 heterocycles. The predicted octanol–water partition coefficient (Wildman–Crippen LogP) is 11.6. The first-order valence-corrected chi connectivity index (χ1v) is 22.0. The van der Waals surface area contributed by atoms with Crippen LogP contribution in [0.1, 0.15) is 152 Å². The van der Waals surface area contributed by atoms with Crippen LogP contribution in [0.2, 0.25) is 0 Å². The van der Waals surface area contributed by atoms with Crippen LogP contribution in [0, 0.1) is 69.2 Å². The number of hydrogen-bond acceptors (Lipinski definition) is 1. The highest BCUT2D eigenvalue weighted by Crippen LogP contribution is 2.45. The first-order chi connectivity index (χ1) is 27.9. The Balaban J connectivity index is 0.00000604. The van der Waals surface area contributed by atoms with Crippen molar-refractivity contribution in [2.75, 3.05) is 18.0 Å². The number of nitrogens with zero attached hydrogens (tertiary/aromatic N) is 2. The Morgan fingerprint density at radius 1 is 0.367 bits per heavy atom. The lowest BCUT2D eigenvalue weighted by atomic mass is 9.82. The van der Waals surface area contributed by atoms with E-state index < -0.39 is 0 Å². The highest BCUT2D eigenvalue weighted by atomic mass is 35.5. The molecule has 3 heteroatoms. The van der Waals surface area contributed by atoms with Crippen LogP contribution in [0.4, 0.5) is 11.4 Å². The van der Waals surface area contributed by atoms with Crippen molar-refractivity contribution in [3.63, 3.8) is 0 Å². The molecule has 0 N–H and O–H groups in total. The molecule has 1 aliphatic heterocycles. The van der Waals surface area contributed by atoms with Crippen molar-refractivity contribution >= 4 is 17.7 Å². The summed E-state index contributed by atoms with van der Waals surface area (Å²) in [7, 11) is 0. The van der Waals surface area contributed by atoms with Crippen LogP contribution in [-0.4, -0.2) is 24.0 Å². The minimum Gasteiger partial charge on any atom is -1.00 e. The molecule has 0 radical (unpaired) electrons. The zero-order valence-electron chi connectivity index (χ0n) is 38.8. The van der Waals surface area contributed by atoms with Gasteiger partial charge in [0.05, 0.1) is 0 Å². The monoisotopic (exact) mass is 814 g/mol. The van der Waals surface area contributed by atoms with Gasteiger partial charge >= 0.3 is 0 Å². The van der Waals surface area contributed by atoms with Crippen LogP contribution in [0.3, 0.4) is 0 Å². The molecule has 0 spiro atoms. The first-order valence-electron chi connectivity index (χ1n) is 22.0. The Morgan fingerprint density at radius 3 is 0.917 bits per heavy atom. The van der Waals surface area contributed by atoms with Gasteiger partial charge in [-0.1, -0.05) is 180 Å². The molecule has 0 saturated carbocycles. The van der Waals surface area contributed by atoms with Gasteiger partial charge in [-0.25, -0.2) is 9.48 Å². The summed E-state index contributed by atoms with van der Waals surface area (Å²) in [5.41, 5.74) is 27.0. The Morgan fingerprint density at radius 2 is 0.617 bits per heavy atom. The van der Waals surface area contributed by atoms with Crippen LogP contribution < -0.4 is 17.3 Å². The summed E-state index contributed by atoms with van der Waals surface area (Å²) < 4.78 is 2.61. The molecule has 7 rings (SSSR count). The topological polar surface area (TPSA) is 6.25 Å². The number of hydrogen-bond donors (Lipinski definition) is 0. The fraction of sp³-hybridized carbons (Fsp3) is 0.351. The number of halogens is 1. The number of rotatable bonds is 10. The maximum absolute atomic E-state index is 2.61. The van der Waals surface area contributed by atoms with E-state index in [2.05, 4.69) is 210 Å². The van der Waals surface area contributed by atoms with E-state index in [4.69, 9.17) is 0 Å². The molecule has 1 aliphatic rings. The molecule has 6 aromatic carbocycles. The fourth-order valence-electron chi connectivity index (χ4n) is 10.3. The zero-order valence-corrected chi connectivity index (χ0v) is 39.6. The molecule has 0 unspecified atom stereocenters. The Kier molecular flexibility index (Phi) is 13.4. The molecule has 312 valence electrons. The van der Waals surface area contributed by atoms with Crippen LogP contribution >= 0.6 is 0 Å². The van der Waals surface area contributed by atoms with Crippen molar-refractivity contribution in [1.82, 2.24) is 0 Å². The van der Waals surface area contributed by atoms with Crippen LogP contribution in [0.15, 0.2) is 97.1 Å². The van der Waals surface area contributed by atoms with E-state index in [-0.39, 0.29) is 36.1 Å². The van der Waals surface area contributed by atoms with Gasteiger partial charge in [-0.15, -0.1) is 0 Å². The molecule has 2 nitrogen and oxygen atoms in total. The molecular weight excluding hydrogens is 748 g/mol. The van der Waals surface area contributed by atoms with E-state index in [1.165, 1.54) is 112 Å². The lowest BCUT2D eigenvalue weighted by Gasteiger charge is -2.26. The lowest BCUT2D eigenvalue weighted by Crippen LogP contribution is -3.00. The van der Waals surface area contributed by atoms with Crippen molar-refractivity contribution in [2.24, 2.45) is 0 Å². The molecule has 6 aromatic rings. The molecule has 0 aliphatic carbocycles. The van der Waals surface area contributed by atoms with Gasteiger partial charge in [0, 0.05) is 45.9 Å². The smallest absolute Gasteiger partial charge is 0.244 e. The maximum Gasteiger partial charge on any atom is 0.244 e. The van der Waals surface area contributed by atoms with Gasteiger partial charge in [0.15, 0.2) is 0 Å². The third kappa shape index (κ3) is 9.35. The molecule has 60 heavy (non-hydrogen) atoms. The van der Waals surface area contributed by atoms with E-state index in [0.29, 0.717) is 0 Å². The normalized spacial score (nSPS) is 14.7. The van der Waals surface area contributed by atoms with Crippen molar-refractivity contribution < 1.29 is 17.0 Å². The van der Waals surface area contributed by atoms with Gasteiger partial charge in [-0.3, -0.25) is 0 Å². The minimum atomic E-state index is 0. The molecule has 0 saturated heterocycles. The molecule has 0 aromatic heterocycles. The largest absolute Gasteiger partial charge is 1.00 e. The number of benzene rings is 6. The van der Waals surface area contributed by atoms with E-state index in [1.807, 2.05) is 0 Å². The van der Waals surface area contributed by atoms with Crippen molar-refractivity contribution in [2.45, 2.75) is 121 Å². The summed E-state index contributed by atoms with van der Waals surface area (Å²) in [6.07, 6.45) is 2.47. The highest BCUT2D eigenvalue weighted by molar-refractivity contribution is 5.84. The van der Waals surface area contributed by atoms with Crippen molar-refractivity contribution in [3.05, 3.63) is 197 Å². The average molecular weight is 816 g/mol. The average Bonchev–Trinajstić information content (AvgIpc) is 3.64. The third-order valence-electron chi connectivity index (χ3n) is 12.9. The molecule has 0 bridgehead atoms. The predicted molar refractivity (Wildman–Crippen MR) is 254 cm³/mol.